The van der Waals surface area contributed by atoms with Crippen LogP contribution in [-0.4, -0.2) is 13.3 Å². The SMILES string of the molecule is CCCCCNCc1cc(Br)c2c(c1)OCO2. The summed E-state index contributed by atoms with van der Waals surface area (Å²) >= 11 is 3.50. The highest BCUT2D eigenvalue weighted by atomic mass is 79.9. The van der Waals surface area contributed by atoms with Crippen molar-refractivity contribution >= 4 is 15.9 Å². The van der Waals surface area contributed by atoms with Gasteiger partial charge in [0, 0.05) is 6.54 Å². The van der Waals surface area contributed by atoms with Crippen LogP contribution in [-0.2, 0) is 6.54 Å². The van der Waals surface area contributed by atoms with Crippen LogP contribution in [0.3, 0.4) is 0 Å². The predicted octanol–water partition coefficient (Wildman–Crippen LogP) is 3.46. The van der Waals surface area contributed by atoms with Crippen LogP contribution in [0.2, 0.25) is 0 Å². The molecule has 2 rings (SSSR count). The summed E-state index contributed by atoms with van der Waals surface area (Å²) in [6, 6.07) is 4.13. The quantitative estimate of drug-likeness (QED) is 0.816. The van der Waals surface area contributed by atoms with Gasteiger partial charge in [-0.2, -0.15) is 0 Å². The minimum Gasteiger partial charge on any atom is -0.454 e. The third kappa shape index (κ3) is 3.36. The molecule has 0 aliphatic carbocycles. The second-order valence-electron chi connectivity index (χ2n) is 4.20. The van der Waals surface area contributed by atoms with E-state index in [0.29, 0.717) is 6.79 Å². The summed E-state index contributed by atoms with van der Waals surface area (Å²) in [5.41, 5.74) is 1.22. The van der Waals surface area contributed by atoms with E-state index in [1.165, 1.54) is 24.8 Å². The summed E-state index contributed by atoms with van der Waals surface area (Å²) in [6.07, 6.45) is 3.79. The highest BCUT2D eigenvalue weighted by molar-refractivity contribution is 9.10. The molecule has 1 aromatic rings. The molecule has 0 fully saturated rings. The van der Waals surface area contributed by atoms with Gasteiger partial charge in [0.25, 0.3) is 0 Å². The number of fused-ring (bicyclic) bond motifs is 1. The number of unbranched alkanes of at least 4 members (excludes halogenated alkanes) is 2. The van der Waals surface area contributed by atoms with E-state index in [2.05, 4.69) is 34.2 Å². The van der Waals surface area contributed by atoms with Crippen molar-refractivity contribution in [2.75, 3.05) is 13.3 Å². The second kappa shape index (κ2) is 6.26. The summed E-state index contributed by atoms with van der Waals surface area (Å²) in [5, 5.41) is 3.44. The maximum Gasteiger partial charge on any atom is 0.231 e. The molecule has 1 aromatic carbocycles. The number of halogens is 1. The Morgan fingerprint density at radius 3 is 3.00 bits per heavy atom. The lowest BCUT2D eigenvalue weighted by molar-refractivity contribution is 0.173. The fraction of sp³-hybridized carbons (Fsp3) is 0.538. The Morgan fingerprint density at radius 2 is 2.18 bits per heavy atom. The van der Waals surface area contributed by atoms with Gasteiger partial charge in [0.15, 0.2) is 11.5 Å². The first-order chi connectivity index (χ1) is 8.31. The molecule has 0 spiro atoms. The van der Waals surface area contributed by atoms with Gasteiger partial charge in [0.2, 0.25) is 6.79 Å². The normalized spacial score (nSPS) is 13.1. The van der Waals surface area contributed by atoms with Gasteiger partial charge in [0.05, 0.1) is 4.47 Å². The van der Waals surface area contributed by atoms with Gasteiger partial charge >= 0.3 is 0 Å². The monoisotopic (exact) mass is 299 g/mol. The first-order valence-corrected chi connectivity index (χ1v) is 6.89. The van der Waals surface area contributed by atoms with Crippen LogP contribution < -0.4 is 14.8 Å². The zero-order chi connectivity index (χ0) is 12.1. The average molecular weight is 300 g/mol. The molecule has 1 aliphatic rings. The largest absolute Gasteiger partial charge is 0.454 e. The van der Waals surface area contributed by atoms with Crippen LogP contribution in [0.25, 0.3) is 0 Å². The van der Waals surface area contributed by atoms with Crippen molar-refractivity contribution in [3.8, 4) is 11.5 Å². The maximum absolute atomic E-state index is 5.38. The summed E-state index contributed by atoms with van der Waals surface area (Å²) in [5.74, 6) is 1.66. The zero-order valence-electron chi connectivity index (χ0n) is 10.1. The van der Waals surface area contributed by atoms with Gasteiger partial charge < -0.3 is 14.8 Å². The van der Waals surface area contributed by atoms with Crippen molar-refractivity contribution in [2.24, 2.45) is 0 Å². The molecule has 94 valence electrons. The molecule has 1 N–H and O–H groups in total. The Kier molecular flexibility index (Phi) is 4.68. The van der Waals surface area contributed by atoms with E-state index in [9.17, 15) is 0 Å². The number of hydrogen-bond acceptors (Lipinski definition) is 3. The Labute approximate surface area is 111 Å². The van der Waals surface area contributed by atoms with Crippen LogP contribution in [0.15, 0.2) is 16.6 Å². The number of benzene rings is 1. The summed E-state index contributed by atoms with van der Waals surface area (Å²) < 4.78 is 11.7. The topological polar surface area (TPSA) is 30.5 Å². The molecule has 0 saturated heterocycles. The van der Waals surface area contributed by atoms with Crippen molar-refractivity contribution in [1.29, 1.82) is 0 Å². The van der Waals surface area contributed by atoms with Gasteiger partial charge in [-0.1, -0.05) is 19.8 Å². The smallest absolute Gasteiger partial charge is 0.231 e. The lowest BCUT2D eigenvalue weighted by atomic mass is 10.2. The van der Waals surface area contributed by atoms with Gasteiger partial charge in [-0.05, 0) is 46.6 Å². The molecule has 0 radical (unpaired) electrons. The van der Waals surface area contributed by atoms with E-state index in [-0.39, 0.29) is 0 Å². The molecule has 3 nitrogen and oxygen atoms in total. The Hall–Kier alpha value is -0.740. The van der Waals surface area contributed by atoms with E-state index >= 15 is 0 Å². The van der Waals surface area contributed by atoms with Crippen molar-refractivity contribution < 1.29 is 9.47 Å². The Balaban J connectivity index is 1.87. The fourth-order valence-corrected chi connectivity index (χ4v) is 2.46. The number of rotatable bonds is 6. The first-order valence-electron chi connectivity index (χ1n) is 6.10. The van der Waals surface area contributed by atoms with Crippen LogP contribution in [0.5, 0.6) is 11.5 Å². The van der Waals surface area contributed by atoms with E-state index in [4.69, 9.17) is 9.47 Å². The average Bonchev–Trinajstić information content (AvgIpc) is 2.77. The molecule has 0 atom stereocenters. The molecule has 1 aliphatic heterocycles. The summed E-state index contributed by atoms with van der Waals surface area (Å²) in [7, 11) is 0. The summed E-state index contributed by atoms with van der Waals surface area (Å²) in [4.78, 5) is 0. The molecule has 0 unspecified atom stereocenters. The van der Waals surface area contributed by atoms with Gasteiger partial charge in [-0.25, -0.2) is 0 Å². The minimum atomic E-state index is 0.321. The van der Waals surface area contributed by atoms with Crippen LogP contribution in [0.1, 0.15) is 31.7 Å². The first kappa shape index (κ1) is 12.7. The van der Waals surface area contributed by atoms with E-state index in [1.807, 2.05) is 6.07 Å². The highest BCUT2D eigenvalue weighted by Crippen LogP contribution is 2.39. The molecule has 0 aromatic heterocycles. The van der Waals surface area contributed by atoms with Gasteiger partial charge in [0.1, 0.15) is 0 Å². The van der Waals surface area contributed by atoms with Crippen molar-refractivity contribution in [2.45, 2.75) is 32.7 Å². The molecule has 4 heteroatoms. The van der Waals surface area contributed by atoms with Crippen LogP contribution in [0, 0.1) is 0 Å². The number of ether oxygens (including phenoxy) is 2. The third-order valence-electron chi connectivity index (χ3n) is 2.77. The Bertz CT molecular complexity index is 382. The number of nitrogens with one attached hydrogen (secondary N) is 1. The van der Waals surface area contributed by atoms with E-state index < -0.39 is 0 Å². The second-order valence-corrected chi connectivity index (χ2v) is 5.05. The molecule has 17 heavy (non-hydrogen) atoms. The predicted molar refractivity (Wildman–Crippen MR) is 71.5 cm³/mol. The van der Waals surface area contributed by atoms with Gasteiger partial charge in [-0.15, -0.1) is 0 Å². The lowest BCUT2D eigenvalue weighted by Crippen LogP contribution is -2.14. The zero-order valence-corrected chi connectivity index (χ0v) is 11.7. The lowest BCUT2D eigenvalue weighted by Gasteiger charge is -2.07. The third-order valence-corrected chi connectivity index (χ3v) is 3.36. The highest BCUT2D eigenvalue weighted by Gasteiger charge is 2.17. The van der Waals surface area contributed by atoms with Crippen molar-refractivity contribution in [3.05, 3.63) is 22.2 Å². The number of hydrogen-bond donors (Lipinski definition) is 1. The van der Waals surface area contributed by atoms with Crippen molar-refractivity contribution in [1.82, 2.24) is 5.32 Å². The molecule has 1 heterocycles. The van der Waals surface area contributed by atoms with Crippen LogP contribution in [0.4, 0.5) is 0 Å². The molecular formula is C13H18BrNO2. The fourth-order valence-electron chi connectivity index (χ4n) is 1.86. The van der Waals surface area contributed by atoms with Crippen LogP contribution >= 0.6 is 15.9 Å². The molecular weight excluding hydrogens is 282 g/mol. The summed E-state index contributed by atoms with van der Waals surface area (Å²) in [6.45, 7) is 4.48. The Morgan fingerprint density at radius 1 is 1.29 bits per heavy atom. The van der Waals surface area contributed by atoms with E-state index in [0.717, 1.165) is 29.1 Å². The standard InChI is InChI=1S/C13H18BrNO2/c1-2-3-4-5-15-8-10-6-11(14)13-12(7-10)16-9-17-13/h6-7,15H,2-5,8-9H2,1H3. The molecule has 0 bridgehead atoms. The van der Waals surface area contributed by atoms with E-state index in [1.54, 1.807) is 0 Å². The molecule has 0 amide bonds. The van der Waals surface area contributed by atoms with Gasteiger partial charge in [-0.3, -0.25) is 0 Å². The molecule has 0 saturated carbocycles. The maximum atomic E-state index is 5.38. The minimum absolute atomic E-state index is 0.321. The van der Waals surface area contributed by atoms with Crippen molar-refractivity contribution in [3.63, 3.8) is 0 Å².